The van der Waals surface area contributed by atoms with Crippen LogP contribution in [0, 0.1) is 6.92 Å². The molecular formula is C25H25ClN2O2S. The van der Waals surface area contributed by atoms with Gasteiger partial charge in [0.25, 0.3) is 5.91 Å². The molecule has 1 aromatic heterocycles. The van der Waals surface area contributed by atoms with Crippen LogP contribution in [-0.2, 0) is 17.9 Å². The van der Waals surface area contributed by atoms with Crippen LogP contribution in [0.2, 0.25) is 5.02 Å². The van der Waals surface area contributed by atoms with Gasteiger partial charge < -0.3 is 9.80 Å². The molecule has 2 aromatic carbocycles. The van der Waals surface area contributed by atoms with Crippen LogP contribution in [0.25, 0.3) is 0 Å². The minimum absolute atomic E-state index is 0.0379. The number of carbonyl (C=O) groups excluding carboxylic acids is 2. The van der Waals surface area contributed by atoms with Gasteiger partial charge in [0.1, 0.15) is 6.54 Å². The lowest BCUT2D eigenvalue weighted by Crippen LogP contribution is -2.43. The zero-order chi connectivity index (χ0) is 21.8. The third kappa shape index (κ3) is 5.75. The van der Waals surface area contributed by atoms with Crippen LogP contribution in [0.1, 0.15) is 38.5 Å². The largest absolute Gasteiger partial charge is 0.332 e. The fraction of sp³-hybridized carbons (Fsp3) is 0.280. The van der Waals surface area contributed by atoms with Gasteiger partial charge in [-0.15, -0.1) is 11.3 Å². The highest BCUT2D eigenvalue weighted by molar-refractivity contribution is 7.11. The van der Waals surface area contributed by atoms with Crippen molar-refractivity contribution in [2.24, 2.45) is 0 Å². The third-order valence-corrected chi connectivity index (χ3v) is 6.59. The zero-order valence-electron chi connectivity index (χ0n) is 17.5. The summed E-state index contributed by atoms with van der Waals surface area (Å²) in [6, 6.07) is 21.1. The first-order chi connectivity index (χ1) is 15.0. The van der Waals surface area contributed by atoms with Crippen LogP contribution in [0.4, 0.5) is 0 Å². The van der Waals surface area contributed by atoms with Crippen molar-refractivity contribution >= 4 is 34.8 Å². The van der Waals surface area contributed by atoms with Gasteiger partial charge in [0.15, 0.2) is 0 Å². The van der Waals surface area contributed by atoms with Crippen LogP contribution < -0.4 is 0 Å². The summed E-state index contributed by atoms with van der Waals surface area (Å²) in [6.07, 6.45) is 1.88. The lowest BCUT2D eigenvalue weighted by molar-refractivity contribution is -0.133. The average molecular weight is 453 g/mol. The number of benzene rings is 2. The van der Waals surface area contributed by atoms with E-state index >= 15 is 0 Å². The number of amides is 2. The molecule has 0 saturated heterocycles. The summed E-state index contributed by atoms with van der Waals surface area (Å²) in [4.78, 5) is 32.5. The molecule has 31 heavy (non-hydrogen) atoms. The molecule has 4 nitrogen and oxygen atoms in total. The monoisotopic (exact) mass is 452 g/mol. The van der Waals surface area contributed by atoms with E-state index in [2.05, 4.69) is 19.1 Å². The molecule has 2 amide bonds. The number of hydrogen-bond acceptors (Lipinski definition) is 3. The first-order valence-electron chi connectivity index (χ1n) is 10.4. The summed E-state index contributed by atoms with van der Waals surface area (Å²) in [5.41, 5.74) is 1.64. The fourth-order valence-corrected chi connectivity index (χ4v) is 4.58. The van der Waals surface area contributed by atoms with Gasteiger partial charge in [0.05, 0.1) is 6.54 Å². The number of thiophene rings is 1. The van der Waals surface area contributed by atoms with Crippen molar-refractivity contribution in [2.45, 2.75) is 38.9 Å². The third-order valence-electron chi connectivity index (χ3n) is 5.36. The Morgan fingerprint density at radius 1 is 0.968 bits per heavy atom. The summed E-state index contributed by atoms with van der Waals surface area (Å²) in [5, 5.41) is 0.589. The molecule has 1 aliphatic rings. The lowest BCUT2D eigenvalue weighted by Gasteiger charge is -2.28. The summed E-state index contributed by atoms with van der Waals surface area (Å²) < 4.78 is 0. The van der Waals surface area contributed by atoms with E-state index in [1.807, 2.05) is 35.2 Å². The van der Waals surface area contributed by atoms with Gasteiger partial charge in [-0.25, -0.2) is 0 Å². The Kier molecular flexibility index (Phi) is 6.73. The molecule has 0 aliphatic heterocycles. The lowest BCUT2D eigenvalue weighted by atomic mass is 10.2. The normalized spacial score (nSPS) is 13.1. The van der Waals surface area contributed by atoms with E-state index in [0.29, 0.717) is 23.7 Å². The Hall–Kier alpha value is -2.63. The summed E-state index contributed by atoms with van der Waals surface area (Å²) >= 11 is 7.67. The van der Waals surface area contributed by atoms with E-state index in [-0.39, 0.29) is 24.4 Å². The molecule has 1 fully saturated rings. The van der Waals surface area contributed by atoms with Gasteiger partial charge >= 0.3 is 0 Å². The average Bonchev–Trinajstić information content (AvgIpc) is 3.53. The predicted octanol–water partition coefficient (Wildman–Crippen LogP) is 5.54. The minimum atomic E-state index is -0.112. The molecule has 0 atom stereocenters. The number of carbonyl (C=O) groups is 2. The van der Waals surface area contributed by atoms with Crippen LogP contribution in [0.15, 0.2) is 66.7 Å². The van der Waals surface area contributed by atoms with E-state index in [4.69, 9.17) is 11.6 Å². The molecule has 6 heteroatoms. The first kappa shape index (κ1) is 21.6. The molecule has 0 bridgehead atoms. The molecular weight excluding hydrogens is 428 g/mol. The molecule has 1 saturated carbocycles. The van der Waals surface area contributed by atoms with Gasteiger partial charge in [0.2, 0.25) is 5.91 Å². The second-order valence-corrected chi connectivity index (χ2v) is 9.73. The second-order valence-electron chi connectivity index (χ2n) is 7.92. The maximum Gasteiger partial charge on any atom is 0.254 e. The predicted molar refractivity (Wildman–Crippen MR) is 125 cm³/mol. The van der Waals surface area contributed by atoms with Gasteiger partial charge in [-0.3, -0.25) is 9.59 Å². The van der Waals surface area contributed by atoms with Crippen molar-refractivity contribution in [3.8, 4) is 0 Å². The van der Waals surface area contributed by atoms with E-state index < -0.39 is 0 Å². The van der Waals surface area contributed by atoms with Crippen LogP contribution in [0.5, 0.6) is 0 Å². The van der Waals surface area contributed by atoms with E-state index in [9.17, 15) is 9.59 Å². The van der Waals surface area contributed by atoms with Crippen molar-refractivity contribution in [2.75, 3.05) is 6.54 Å². The highest BCUT2D eigenvalue weighted by Crippen LogP contribution is 2.29. The van der Waals surface area contributed by atoms with Crippen molar-refractivity contribution in [1.82, 2.24) is 9.80 Å². The summed E-state index contributed by atoms with van der Waals surface area (Å²) in [6.45, 7) is 3.21. The van der Waals surface area contributed by atoms with Crippen molar-refractivity contribution in [1.29, 1.82) is 0 Å². The highest BCUT2D eigenvalue weighted by atomic mass is 35.5. The van der Waals surface area contributed by atoms with E-state index in [0.717, 1.165) is 23.3 Å². The SMILES string of the molecule is Cc1ccc(CN(Cc2ccccc2)C(=O)CN(C(=O)c2ccc(Cl)cc2)C2CC2)s1. The Bertz CT molecular complexity index is 1040. The molecule has 0 N–H and O–H groups in total. The Morgan fingerprint density at radius 2 is 1.68 bits per heavy atom. The van der Waals surface area contributed by atoms with Crippen LogP contribution in [-0.4, -0.2) is 34.2 Å². The van der Waals surface area contributed by atoms with Gasteiger partial charge in [-0.2, -0.15) is 0 Å². The highest BCUT2D eigenvalue weighted by Gasteiger charge is 2.35. The summed E-state index contributed by atoms with van der Waals surface area (Å²) in [5.74, 6) is -0.150. The second kappa shape index (κ2) is 9.67. The maximum absolute atomic E-state index is 13.4. The number of hydrogen-bond donors (Lipinski definition) is 0. The molecule has 3 aromatic rings. The van der Waals surface area contributed by atoms with E-state index in [1.165, 1.54) is 4.88 Å². The van der Waals surface area contributed by atoms with E-state index in [1.54, 1.807) is 40.5 Å². The molecule has 160 valence electrons. The van der Waals surface area contributed by atoms with Crippen LogP contribution in [0.3, 0.4) is 0 Å². The fourth-order valence-electron chi connectivity index (χ4n) is 3.55. The van der Waals surface area contributed by atoms with Crippen molar-refractivity contribution < 1.29 is 9.59 Å². The first-order valence-corrected chi connectivity index (χ1v) is 11.6. The Labute approximate surface area is 192 Å². The molecule has 0 spiro atoms. The van der Waals surface area contributed by atoms with Gasteiger partial charge in [-0.05, 0) is 61.7 Å². The van der Waals surface area contributed by atoms with Gasteiger partial charge in [0, 0.05) is 32.9 Å². The zero-order valence-corrected chi connectivity index (χ0v) is 19.0. The molecule has 0 radical (unpaired) electrons. The molecule has 1 heterocycles. The standard InChI is InChI=1S/C25H25ClN2O2S/c1-18-7-14-23(31-18)16-27(15-19-5-3-2-4-6-19)24(29)17-28(22-12-13-22)25(30)20-8-10-21(26)11-9-20/h2-11,14,22H,12-13,15-17H2,1H3. The molecule has 4 rings (SSSR count). The Balaban J connectivity index is 1.52. The number of aryl methyl sites for hydroxylation is 1. The molecule has 0 unspecified atom stereocenters. The topological polar surface area (TPSA) is 40.6 Å². The van der Waals surface area contributed by atoms with Crippen molar-refractivity contribution in [3.63, 3.8) is 0 Å². The van der Waals surface area contributed by atoms with Crippen LogP contribution >= 0.6 is 22.9 Å². The smallest absolute Gasteiger partial charge is 0.254 e. The number of nitrogens with zero attached hydrogens (tertiary/aromatic N) is 2. The molecule has 1 aliphatic carbocycles. The number of halogens is 1. The Morgan fingerprint density at radius 3 is 2.29 bits per heavy atom. The van der Waals surface area contributed by atoms with Gasteiger partial charge in [-0.1, -0.05) is 41.9 Å². The summed E-state index contributed by atoms with van der Waals surface area (Å²) in [7, 11) is 0. The quantitative estimate of drug-likeness (QED) is 0.450. The van der Waals surface area contributed by atoms with Crippen molar-refractivity contribution in [3.05, 3.63) is 92.6 Å². The number of rotatable bonds is 8. The minimum Gasteiger partial charge on any atom is -0.332 e. The maximum atomic E-state index is 13.4.